The normalized spacial score (nSPS) is 19.7. The van der Waals surface area contributed by atoms with Gasteiger partial charge in [0.1, 0.15) is 0 Å². The Kier molecular flexibility index (Phi) is 6.56. The molecule has 0 aromatic heterocycles. The maximum Gasteiger partial charge on any atom is 0.225 e. The summed E-state index contributed by atoms with van der Waals surface area (Å²) in [5, 5.41) is 3.09. The van der Waals surface area contributed by atoms with Crippen molar-refractivity contribution in [3.05, 3.63) is 65.2 Å². The minimum atomic E-state index is -0.284. The fraction of sp³-hybridized carbons (Fsp3) is 0.440. The largest absolute Gasteiger partial charge is 0.369 e. The van der Waals surface area contributed by atoms with Gasteiger partial charge in [0.2, 0.25) is 11.8 Å². The molecule has 6 heteroatoms. The van der Waals surface area contributed by atoms with Crippen molar-refractivity contribution in [2.24, 2.45) is 5.92 Å². The molecular formula is C25H32N4O2. The highest BCUT2D eigenvalue weighted by atomic mass is 16.2. The van der Waals surface area contributed by atoms with Gasteiger partial charge >= 0.3 is 0 Å². The number of aryl methyl sites for hydroxylation is 1. The van der Waals surface area contributed by atoms with Crippen LogP contribution in [0.5, 0.6) is 0 Å². The number of anilines is 1. The second-order valence-electron chi connectivity index (χ2n) is 8.80. The number of amides is 2. The molecule has 0 radical (unpaired) electrons. The van der Waals surface area contributed by atoms with Gasteiger partial charge in [-0.1, -0.05) is 48.0 Å². The number of likely N-dealkylation sites (tertiary alicyclic amines) is 1. The lowest BCUT2D eigenvalue weighted by atomic mass is 10.1. The molecule has 164 valence electrons. The van der Waals surface area contributed by atoms with Crippen LogP contribution in [-0.4, -0.2) is 61.4 Å². The van der Waals surface area contributed by atoms with Crippen molar-refractivity contribution in [1.82, 2.24) is 15.1 Å². The number of nitrogens with zero attached hydrogens (tertiary/aromatic N) is 3. The molecule has 2 aromatic carbocycles. The van der Waals surface area contributed by atoms with Crippen molar-refractivity contribution < 1.29 is 9.59 Å². The van der Waals surface area contributed by atoms with Gasteiger partial charge in [-0.25, -0.2) is 0 Å². The Bertz CT molecular complexity index is 919. The lowest BCUT2D eigenvalue weighted by Gasteiger charge is -2.35. The van der Waals surface area contributed by atoms with Gasteiger partial charge in [-0.2, -0.15) is 0 Å². The molecule has 1 atom stereocenters. The zero-order valence-corrected chi connectivity index (χ0v) is 18.5. The highest BCUT2D eigenvalue weighted by Gasteiger charge is 2.34. The first kappa shape index (κ1) is 21.4. The summed E-state index contributed by atoms with van der Waals surface area (Å²) < 4.78 is 0. The van der Waals surface area contributed by atoms with E-state index < -0.39 is 0 Å². The molecule has 2 aliphatic heterocycles. The monoisotopic (exact) mass is 420 g/mol. The Balaban J connectivity index is 1.33. The first-order valence-electron chi connectivity index (χ1n) is 11.1. The molecule has 0 saturated carbocycles. The zero-order valence-electron chi connectivity index (χ0n) is 18.5. The van der Waals surface area contributed by atoms with E-state index >= 15 is 0 Å². The van der Waals surface area contributed by atoms with Gasteiger partial charge < -0.3 is 20.0 Å². The topological polar surface area (TPSA) is 55.9 Å². The van der Waals surface area contributed by atoms with Gasteiger partial charge in [-0.15, -0.1) is 0 Å². The predicted octanol–water partition coefficient (Wildman–Crippen LogP) is 2.41. The fourth-order valence-corrected chi connectivity index (χ4v) is 4.36. The number of para-hydroxylation sites is 1. The molecule has 2 fully saturated rings. The maximum absolute atomic E-state index is 12.8. The second-order valence-corrected chi connectivity index (χ2v) is 8.80. The highest BCUT2D eigenvalue weighted by molar-refractivity contribution is 5.89. The number of hydrogen-bond donors (Lipinski definition) is 1. The third-order valence-electron chi connectivity index (χ3n) is 6.37. The molecule has 1 N–H and O–H groups in total. The number of likely N-dealkylation sites (N-methyl/N-ethyl adjacent to an activating group) is 1. The van der Waals surface area contributed by atoms with Crippen LogP contribution >= 0.6 is 0 Å². The second kappa shape index (κ2) is 9.52. The van der Waals surface area contributed by atoms with Gasteiger partial charge in [0, 0.05) is 57.9 Å². The smallest absolute Gasteiger partial charge is 0.225 e. The van der Waals surface area contributed by atoms with Crippen LogP contribution in [0.1, 0.15) is 23.1 Å². The summed E-state index contributed by atoms with van der Waals surface area (Å²) in [6.07, 6.45) is 0.289. The van der Waals surface area contributed by atoms with E-state index in [1.54, 1.807) is 4.90 Å². The highest BCUT2D eigenvalue weighted by Crippen LogP contribution is 2.23. The zero-order chi connectivity index (χ0) is 21.8. The quantitative estimate of drug-likeness (QED) is 0.780. The van der Waals surface area contributed by atoms with Crippen LogP contribution in [0.15, 0.2) is 48.5 Å². The number of carbonyl (C=O) groups is 2. The molecular weight excluding hydrogens is 388 g/mol. The standard InChI is InChI=1S/C25H32N4O2/c1-19-7-9-20(10-8-19)17-29-18-22(15-24(29)30)25(31)26-16-21-5-3-4-6-23(21)28-13-11-27(2)12-14-28/h3-10,22H,11-18H2,1-2H3,(H,26,31). The number of nitrogens with one attached hydrogen (secondary N) is 1. The number of hydrogen-bond acceptors (Lipinski definition) is 4. The van der Waals surface area contributed by atoms with Crippen molar-refractivity contribution in [3.63, 3.8) is 0 Å². The van der Waals surface area contributed by atoms with Crippen molar-refractivity contribution >= 4 is 17.5 Å². The summed E-state index contributed by atoms with van der Waals surface area (Å²) in [7, 11) is 2.15. The Hall–Kier alpha value is -2.86. The summed E-state index contributed by atoms with van der Waals surface area (Å²) in [6.45, 7) is 7.66. The molecule has 31 heavy (non-hydrogen) atoms. The third kappa shape index (κ3) is 5.25. The van der Waals surface area contributed by atoms with Crippen LogP contribution in [0.2, 0.25) is 0 Å². The predicted molar refractivity (Wildman–Crippen MR) is 123 cm³/mol. The first-order chi connectivity index (χ1) is 15.0. The first-order valence-corrected chi connectivity index (χ1v) is 11.1. The van der Waals surface area contributed by atoms with E-state index in [2.05, 4.69) is 52.5 Å². The summed E-state index contributed by atoms with van der Waals surface area (Å²) in [4.78, 5) is 31.8. The molecule has 0 bridgehead atoms. The van der Waals surface area contributed by atoms with Gasteiger partial charge in [-0.05, 0) is 31.2 Å². The minimum Gasteiger partial charge on any atom is -0.369 e. The lowest BCUT2D eigenvalue weighted by molar-refractivity contribution is -0.129. The van der Waals surface area contributed by atoms with Crippen molar-refractivity contribution in [2.75, 3.05) is 44.7 Å². The molecule has 2 amide bonds. The lowest BCUT2D eigenvalue weighted by Crippen LogP contribution is -2.45. The number of carbonyl (C=O) groups excluding carboxylic acids is 2. The Labute approximate surface area is 184 Å². The van der Waals surface area contributed by atoms with Crippen LogP contribution < -0.4 is 10.2 Å². The van der Waals surface area contributed by atoms with Gasteiger partial charge in [-0.3, -0.25) is 9.59 Å². The number of benzene rings is 2. The van der Waals surface area contributed by atoms with Crippen molar-refractivity contribution in [2.45, 2.75) is 26.4 Å². The molecule has 2 heterocycles. The fourth-order valence-electron chi connectivity index (χ4n) is 4.36. The van der Waals surface area contributed by atoms with E-state index in [1.807, 2.05) is 25.1 Å². The molecule has 2 aliphatic rings. The van der Waals surface area contributed by atoms with E-state index in [4.69, 9.17) is 0 Å². The van der Waals surface area contributed by atoms with E-state index in [0.717, 1.165) is 37.3 Å². The van der Waals surface area contributed by atoms with Gasteiger partial charge in [0.25, 0.3) is 0 Å². The molecule has 1 unspecified atom stereocenters. The SMILES string of the molecule is Cc1ccc(CN2CC(C(=O)NCc3ccccc3N3CCN(C)CC3)CC2=O)cc1. The van der Waals surface area contributed by atoms with Crippen molar-refractivity contribution in [1.29, 1.82) is 0 Å². The molecule has 2 aromatic rings. The summed E-state index contributed by atoms with van der Waals surface area (Å²) in [6, 6.07) is 16.5. The van der Waals surface area contributed by atoms with Crippen LogP contribution in [0.3, 0.4) is 0 Å². The third-order valence-corrected chi connectivity index (χ3v) is 6.37. The van der Waals surface area contributed by atoms with E-state index in [9.17, 15) is 9.59 Å². The van der Waals surface area contributed by atoms with Gasteiger partial charge in [0.15, 0.2) is 0 Å². The van der Waals surface area contributed by atoms with E-state index in [0.29, 0.717) is 19.6 Å². The Morgan fingerprint density at radius 3 is 2.48 bits per heavy atom. The van der Waals surface area contributed by atoms with Crippen LogP contribution in [-0.2, 0) is 22.7 Å². The van der Waals surface area contributed by atoms with Crippen LogP contribution in [0.25, 0.3) is 0 Å². The average Bonchev–Trinajstić information content (AvgIpc) is 3.15. The molecule has 0 spiro atoms. The van der Waals surface area contributed by atoms with E-state index in [-0.39, 0.29) is 24.2 Å². The molecule has 0 aliphatic carbocycles. The number of rotatable bonds is 6. The van der Waals surface area contributed by atoms with E-state index in [1.165, 1.54) is 11.3 Å². The van der Waals surface area contributed by atoms with Crippen LogP contribution in [0, 0.1) is 12.8 Å². The average molecular weight is 421 g/mol. The van der Waals surface area contributed by atoms with Gasteiger partial charge in [0.05, 0.1) is 5.92 Å². The number of piperazine rings is 1. The Morgan fingerprint density at radius 2 is 1.74 bits per heavy atom. The molecule has 2 saturated heterocycles. The molecule has 6 nitrogen and oxygen atoms in total. The maximum atomic E-state index is 12.8. The minimum absolute atomic E-state index is 0.0343. The summed E-state index contributed by atoms with van der Waals surface area (Å²) >= 11 is 0. The molecule has 4 rings (SSSR count). The van der Waals surface area contributed by atoms with Crippen molar-refractivity contribution in [3.8, 4) is 0 Å². The Morgan fingerprint density at radius 1 is 1.03 bits per heavy atom. The summed E-state index contributed by atoms with van der Waals surface area (Å²) in [5.41, 5.74) is 4.62. The summed E-state index contributed by atoms with van der Waals surface area (Å²) in [5.74, 6) is -0.264. The van der Waals surface area contributed by atoms with Crippen LogP contribution in [0.4, 0.5) is 5.69 Å².